The van der Waals surface area contributed by atoms with Crippen molar-refractivity contribution in [1.82, 2.24) is 5.43 Å². The SMILES string of the molecule is O=C=NNC(=O)CCl. The standard InChI is InChI=1S/C3H3ClN2O2/c4-1-3(8)6-5-2-7/h1H2,(H,6,8). The molecule has 0 aliphatic carbocycles. The van der Waals surface area contributed by atoms with E-state index < -0.39 is 5.91 Å². The quantitative estimate of drug-likeness (QED) is 0.242. The third-order valence-corrected chi connectivity index (χ3v) is 0.590. The summed E-state index contributed by atoms with van der Waals surface area (Å²) < 4.78 is 0. The van der Waals surface area contributed by atoms with Gasteiger partial charge in [0.25, 0.3) is 12.0 Å². The minimum atomic E-state index is -0.519. The lowest BCUT2D eigenvalue weighted by atomic mass is 10.8. The normalized spacial score (nSPS) is 7.12. The van der Waals surface area contributed by atoms with Gasteiger partial charge in [0, 0.05) is 0 Å². The molecule has 0 aliphatic heterocycles. The van der Waals surface area contributed by atoms with Crippen molar-refractivity contribution in [3.05, 3.63) is 0 Å². The van der Waals surface area contributed by atoms with Gasteiger partial charge in [-0.25, -0.2) is 10.2 Å². The fraction of sp³-hybridized carbons (Fsp3) is 0.333. The van der Waals surface area contributed by atoms with Crippen molar-refractivity contribution < 1.29 is 9.59 Å². The molecule has 0 atom stereocenters. The van der Waals surface area contributed by atoms with Crippen LogP contribution in [0, 0.1) is 0 Å². The van der Waals surface area contributed by atoms with Gasteiger partial charge in [-0.1, -0.05) is 5.10 Å². The number of hydrogen-bond donors (Lipinski definition) is 1. The highest BCUT2D eigenvalue weighted by molar-refractivity contribution is 6.27. The minimum absolute atomic E-state index is 0.203. The molecule has 5 heteroatoms. The second kappa shape index (κ2) is 4.30. The Kier molecular flexibility index (Phi) is 3.84. The number of carbonyl (C=O) groups excluding carboxylic acids is 2. The van der Waals surface area contributed by atoms with E-state index in [1.807, 2.05) is 5.43 Å². The molecule has 4 nitrogen and oxygen atoms in total. The van der Waals surface area contributed by atoms with Crippen molar-refractivity contribution in [2.24, 2.45) is 5.10 Å². The van der Waals surface area contributed by atoms with Gasteiger partial charge in [0.1, 0.15) is 5.88 Å². The maximum Gasteiger partial charge on any atom is 0.258 e. The number of halogens is 1. The lowest BCUT2D eigenvalue weighted by Crippen LogP contribution is -2.17. The number of nitrogens with one attached hydrogen (secondary N) is 1. The Labute approximate surface area is 50.5 Å². The summed E-state index contributed by atoms with van der Waals surface area (Å²) in [4.78, 5) is 19.3. The van der Waals surface area contributed by atoms with E-state index in [4.69, 9.17) is 11.6 Å². The van der Waals surface area contributed by atoms with Crippen LogP contribution < -0.4 is 5.43 Å². The minimum Gasteiger partial charge on any atom is -0.272 e. The number of nitrogens with zero attached hydrogens (tertiary/aromatic N) is 1. The van der Waals surface area contributed by atoms with Crippen LogP contribution in [0.1, 0.15) is 0 Å². The molecule has 0 saturated heterocycles. The first kappa shape index (κ1) is 7.14. The number of hydrazone groups is 1. The van der Waals surface area contributed by atoms with E-state index in [0.29, 0.717) is 0 Å². The average molecular weight is 135 g/mol. The van der Waals surface area contributed by atoms with Crippen LogP contribution >= 0.6 is 11.6 Å². The first-order valence-electron chi connectivity index (χ1n) is 1.73. The Bertz CT molecular complexity index is 129. The van der Waals surface area contributed by atoms with Crippen LogP contribution in [0.5, 0.6) is 0 Å². The van der Waals surface area contributed by atoms with Gasteiger partial charge in [0.15, 0.2) is 0 Å². The summed E-state index contributed by atoms with van der Waals surface area (Å²) in [5.74, 6) is -0.722. The molecule has 0 spiro atoms. The molecule has 0 heterocycles. The lowest BCUT2D eigenvalue weighted by Gasteiger charge is -1.85. The molecular formula is C3H3ClN2O2. The van der Waals surface area contributed by atoms with Gasteiger partial charge in [0.2, 0.25) is 0 Å². The van der Waals surface area contributed by atoms with Crippen LogP contribution in [-0.2, 0) is 9.59 Å². The van der Waals surface area contributed by atoms with Crippen molar-refractivity contribution in [2.75, 3.05) is 5.88 Å². The molecule has 0 saturated carbocycles. The van der Waals surface area contributed by atoms with Crippen LogP contribution in [0.4, 0.5) is 0 Å². The van der Waals surface area contributed by atoms with E-state index in [1.165, 1.54) is 0 Å². The molecular weight excluding hydrogens is 131 g/mol. The fourth-order valence-electron chi connectivity index (χ4n) is 0.115. The topological polar surface area (TPSA) is 58.5 Å². The van der Waals surface area contributed by atoms with Gasteiger partial charge in [-0.3, -0.25) is 4.79 Å². The van der Waals surface area contributed by atoms with Gasteiger partial charge in [-0.2, -0.15) is 0 Å². The van der Waals surface area contributed by atoms with Crippen molar-refractivity contribution >= 4 is 23.6 Å². The number of amides is 1. The van der Waals surface area contributed by atoms with Crippen molar-refractivity contribution in [2.45, 2.75) is 0 Å². The summed E-state index contributed by atoms with van der Waals surface area (Å²) in [6.45, 7) is 0. The molecule has 44 valence electrons. The Morgan fingerprint density at radius 1 is 1.88 bits per heavy atom. The molecule has 0 aromatic carbocycles. The van der Waals surface area contributed by atoms with E-state index in [-0.39, 0.29) is 5.88 Å². The van der Waals surface area contributed by atoms with Gasteiger partial charge in [0.05, 0.1) is 0 Å². The largest absolute Gasteiger partial charge is 0.272 e. The van der Waals surface area contributed by atoms with E-state index in [0.717, 1.165) is 6.08 Å². The number of hydrogen-bond acceptors (Lipinski definition) is 3. The van der Waals surface area contributed by atoms with Crippen LogP contribution in [0.15, 0.2) is 5.10 Å². The Hall–Kier alpha value is -0.860. The zero-order valence-corrected chi connectivity index (χ0v) is 4.60. The molecule has 0 rings (SSSR count). The summed E-state index contributed by atoms with van der Waals surface area (Å²) in [7, 11) is 0. The molecule has 0 radical (unpaired) electrons. The van der Waals surface area contributed by atoms with Crippen molar-refractivity contribution in [3.63, 3.8) is 0 Å². The van der Waals surface area contributed by atoms with Crippen LogP contribution in [0.25, 0.3) is 0 Å². The Balaban J connectivity index is 3.39. The smallest absolute Gasteiger partial charge is 0.258 e. The third kappa shape index (κ3) is 3.33. The van der Waals surface area contributed by atoms with E-state index >= 15 is 0 Å². The number of carbonyl (C=O) groups is 1. The highest BCUT2D eigenvalue weighted by atomic mass is 35.5. The van der Waals surface area contributed by atoms with Gasteiger partial charge in [-0.05, 0) is 0 Å². The molecule has 0 bridgehead atoms. The zero-order valence-electron chi connectivity index (χ0n) is 3.85. The predicted octanol–water partition coefficient (Wildman–Crippen LogP) is -0.408. The van der Waals surface area contributed by atoms with Crippen LogP contribution in [0.3, 0.4) is 0 Å². The molecule has 8 heavy (non-hydrogen) atoms. The van der Waals surface area contributed by atoms with Gasteiger partial charge in [-0.15, -0.1) is 11.6 Å². The lowest BCUT2D eigenvalue weighted by molar-refractivity contribution is -0.118. The van der Waals surface area contributed by atoms with Crippen molar-refractivity contribution in [3.8, 4) is 0 Å². The Morgan fingerprint density at radius 2 is 2.50 bits per heavy atom. The fourth-order valence-corrected chi connectivity index (χ4v) is 0.175. The molecule has 1 amide bonds. The monoisotopic (exact) mass is 134 g/mol. The molecule has 0 unspecified atom stereocenters. The van der Waals surface area contributed by atoms with E-state index in [9.17, 15) is 9.59 Å². The highest BCUT2D eigenvalue weighted by Gasteiger charge is 1.91. The van der Waals surface area contributed by atoms with Crippen LogP contribution in [0.2, 0.25) is 0 Å². The molecule has 1 N–H and O–H groups in total. The summed E-state index contributed by atoms with van der Waals surface area (Å²) >= 11 is 4.99. The number of isocyanates is 1. The summed E-state index contributed by atoms with van der Waals surface area (Å²) in [6.07, 6.45) is 1.12. The molecule has 0 aromatic heterocycles. The van der Waals surface area contributed by atoms with E-state index in [1.54, 1.807) is 0 Å². The summed E-state index contributed by atoms with van der Waals surface area (Å²) in [6, 6.07) is 0. The predicted molar refractivity (Wildman–Crippen MR) is 27.0 cm³/mol. The number of rotatable bonds is 2. The maximum absolute atomic E-state index is 10.1. The molecule has 0 aromatic rings. The van der Waals surface area contributed by atoms with Gasteiger partial charge >= 0.3 is 0 Å². The maximum atomic E-state index is 10.1. The molecule has 0 aliphatic rings. The summed E-state index contributed by atoms with van der Waals surface area (Å²) in [5.41, 5.74) is 1.81. The first-order valence-corrected chi connectivity index (χ1v) is 2.26. The average Bonchev–Trinajstić information content (AvgIpc) is 1.83. The second-order valence-corrected chi connectivity index (χ2v) is 1.14. The van der Waals surface area contributed by atoms with Crippen molar-refractivity contribution in [1.29, 1.82) is 0 Å². The van der Waals surface area contributed by atoms with E-state index in [2.05, 4.69) is 5.10 Å². The zero-order chi connectivity index (χ0) is 6.41. The van der Waals surface area contributed by atoms with Gasteiger partial charge < -0.3 is 0 Å². The van der Waals surface area contributed by atoms with Crippen LogP contribution in [-0.4, -0.2) is 17.9 Å². The Morgan fingerprint density at radius 3 is 2.88 bits per heavy atom. The number of alkyl halides is 1. The summed E-state index contributed by atoms with van der Waals surface area (Å²) in [5, 5.41) is 2.75. The first-order chi connectivity index (χ1) is 3.81. The second-order valence-electron chi connectivity index (χ2n) is 0.872. The highest BCUT2D eigenvalue weighted by Crippen LogP contribution is 1.71. The molecule has 0 fully saturated rings. The third-order valence-electron chi connectivity index (χ3n) is 0.348.